The van der Waals surface area contributed by atoms with Crippen LogP contribution < -0.4 is 5.32 Å². The van der Waals surface area contributed by atoms with Crippen LogP contribution >= 0.6 is 15.9 Å². The summed E-state index contributed by atoms with van der Waals surface area (Å²) in [7, 11) is 0. The second-order valence-electron chi connectivity index (χ2n) is 3.13. The third-order valence-electron chi connectivity index (χ3n) is 1.97. The first kappa shape index (κ1) is 11.4. The van der Waals surface area contributed by atoms with Gasteiger partial charge >= 0.3 is 0 Å². The summed E-state index contributed by atoms with van der Waals surface area (Å²) in [6.45, 7) is 2.99. The van der Waals surface area contributed by atoms with E-state index in [0.29, 0.717) is 0 Å². The lowest BCUT2D eigenvalue weighted by Crippen LogP contribution is -2.19. The van der Waals surface area contributed by atoms with E-state index in [9.17, 15) is 0 Å². The van der Waals surface area contributed by atoms with Gasteiger partial charge in [0, 0.05) is 6.42 Å². The number of hydrogen-bond acceptors (Lipinski definition) is 2. The maximum Gasteiger partial charge on any atom is 0.169 e. The summed E-state index contributed by atoms with van der Waals surface area (Å²) in [6.07, 6.45) is 6.98. The maximum atomic E-state index is 5.42. The molecule has 2 nitrogen and oxygen atoms in total. The molecule has 1 rings (SSSR count). The first-order valence-corrected chi connectivity index (χ1v) is 5.45. The SMILES string of the molecule is C#CCCCNC(C)c1ccc(Br)o1. The lowest BCUT2D eigenvalue weighted by Gasteiger charge is -2.09. The molecule has 0 amide bonds. The number of unbranched alkanes of at least 4 members (excludes halogenated alkanes) is 1. The van der Waals surface area contributed by atoms with Crippen molar-refractivity contribution in [3.05, 3.63) is 22.6 Å². The summed E-state index contributed by atoms with van der Waals surface area (Å²) in [4.78, 5) is 0. The van der Waals surface area contributed by atoms with E-state index in [1.165, 1.54) is 0 Å². The molecule has 1 aromatic rings. The number of rotatable bonds is 5. The van der Waals surface area contributed by atoms with Gasteiger partial charge in [-0.2, -0.15) is 0 Å². The summed E-state index contributed by atoms with van der Waals surface area (Å²) in [5.41, 5.74) is 0. The van der Waals surface area contributed by atoms with Crippen molar-refractivity contribution in [1.82, 2.24) is 5.32 Å². The average molecular weight is 256 g/mol. The lowest BCUT2D eigenvalue weighted by molar-refractivity contribution is 0.417. The zero-order valence-corrected chi connectivity index (χ0v) is 9.80. The van der Waals surface area contributed by atoms with Crippen LogP contribution in [-0.2, 0) is 0 Å². The molecule has 1 atom stereocenters. The van der Waals surface area contributed by atoms with Crippen molar-refractivity contribution in [1.29, 1.82) is 0 Å². The molecule has 1 unspecified atom stereocenters. The van der Waals surface area contributed by atoms with E-state index >= 15 is 0 Å². The molecule has 0 aliphatic rings. The Bertz CT molecular complexity index is 313. The molecule has 0 fully saturated rings. The van der Waals surface area contributed by atoms with Crippen LogP contribution in [0.4, 0.5) is 0 Å². The largest absolute Gasteiger partial charge is 0.453 e. The zero-order valence-electron chi connectivity index (χ0n) is 8.22. The van der Waals surface area contributed by atoms with E-state index in [0.717, 1.165) is 29.8 Å². The highest BCUT2D eigenvalue weighted by Gasteiger charge is 2.07. The molecule has 0 spiro atoms. The van der Waals surface area contributed by atoms with Crippen molar-refractivity contribution in [3.8, 4) is 12.3 Å². The van der Waals surface area contributed by atoms with E-state index < -0.39 is 0 Å². The van der Waals surface area contributed by atoms with Crippen molar-refractivity contribution in [2.24, 2.45) is 0 Å². The van der Waals surface area contributed by atoms with Gasteiger partial charge in [-0.3, -0.25) is 0 Å². The molecule has 0 bridgehead atoms. The fraction of sp³-hybridized carbons (Fsp3) is 0.455. The van der Waals surface area contributed by atoms with Crippen molar-refractivity contribution in [3.63, 3.8) is 0 Å². The highest BCUT2D eigenvalue weighted by atomic mass is 79.9. The molecule has 76 valence electrons. The van der Waals surface area contributed by atoms with Gasteiger partial charge in [0.2, 0.25) is 0 Å². The van der Waals surface area contributed by atoms with E-state index in [4.69, 9.17) is 10.8 Å². The van der Waals surface area contributed by atoms with Gasteiger partial charge in [0.1, 0.15) is 5.76 Å². The van der Waals surface area contributed by atoms with E-state index in [1.54, 1.807) is 0 Å². The monoisotopic (exact) mass is 255 g/mol. The Labute approximate surface area is 93.2 Å². The fourth-order valence-corrected chi connectivity index (χ4v) is 1.49. The molecular weight excluding hydrogens is 242 g/mol. The second kappa shape index (κ2) is 5.90. The summed E-state index contributed by atoms with van der Waals surface area (Å²) in [6, 6.07) is 4.09. The Morgan fingerprint density at radius 3 is 3.00 bits per heavy atom. The van der Waals surface area contributed by atoms with Gasteiger partial charge in [0.05, 0.1) is 6.04 Å². The van der Waals surface area contributed by atoms with Gasteiger partial charge < -0.3 is 9.73 Å². The van der Waals surface area contributed by atoms with Crippen LogP contribution in [0, 0.1) is 12.3 Å². The number of furan rings is 1. The average Bonchev–Trinajstić information content (AvgIpc) is 2.59. The summed E-state index contributed by atoms with van der Waals surface area (Å²) < 4.78 is 6.18. The molecule has 0 saturated heterocycles. The standard InChI is InChI=1S/C11H14BrNO/c1-3-4-5-8-13-9(2)10-6-7-11(12)14-10/h1,6-7,9,13H,4-5,8H2,2H3. The molecular formula is C11H14BrNO. The van der Waals surface area contributed by atoms with Crippen molar-refractivity contribution < 1.29 is 4.42 Å². The van der Waals surface area contributed by atoms with Crippen LogP contribution in [0.5, 0.6) is 0 Å². The summed E-state index contributed by atoms with van der Waals surface area (Å²) in [5.74, 6) is 3.56. The molecule has 1 heterocycles. The van der Waals surface area contributed by atoms with Crippen LogP contribution in [0.2, 0.25) is 0 Å². The number of terminal acetylenes is 1. The van der Waals surface area contributed by atoms with Crippen molar-refractivity contribution in [2.75, 3.05) is 6.54 Å². The number of hydrogen-bond donors (Lipinski definition) is 1. The van der Waals surface area contributed by atoms with E-state index in [-0.39, 0.29) is 6.04 Å². The Kier molecular flexibility index (Phi) is 4.78. The van der Waals surface area contributed by atoms with Crippen LogP contribution in [0.25, 0.3) is 0 Å². The number of halogens is 1. The summed E-state index contributed by atoms with van der Waals surface area (Å²) >= 11 is 3.27. The van der Waals surface area contributed by atoms with E-state index in [2.05, 4.69) is 34.1 Å². The lowest BCUT2D eigenvalue weighted by atomic mass is 10.2. The molecule has 0 saturated carbocycles. The third-order valence-corrected chi connectivity index (χ3v) is 2.40. The summed E-state index contributed by atoms with van der Waals surface area (Å²) in [5, 5.41) is 3.34. The van der Waals surface area contributed by atoms with Crippen molar-refractivity contribution >= 4 is 15.9 Å². The minimum atomic E-state index is 0.235. The van der Waals surface area contributed by atoms with Gasteiger partial charge in [0.25, 0.3) is 0 Å². The highest BCUT2D eigenvalue weighted by Crippen LogP contribution is 2.19. The Hall–Kier alpha value is -0.720. The van der Waals surface area contributed by atoms with Crippen LogP contribution in [0.3, 0.4) is 0 Å². The van der Waals surface area contributed by atoms with Gasteiger partial charge in [-0.1, -0.05) is 0 Å². The Morgan fingerprint density at radius 1 is 1.64 bits per heavy atom. The maximum absolute atomic E-state index is 5.42. The number of nitrogens with one attached hydrogen (secondary N) is 1. The van der Waals surface area contributed by atoms with Gasteiger partial charge in [-0.05, 0) is 48.0 Å². The predicted molar refractivity (Wildman–Crippen MR) is 60.9 cm³/mol. The van der Waals surface area contributed by atoms with Crippen LogP contribution in [0.1, 0.15) is 31.6 Å². The van der Waals surface area contributed by atoms with Crippen LogP contribution in [-0.4, -0.2) is 6.54 Å². The third kappa shape index (κ3) is 3.57. The molecule has 0 radical (unpaired) electrons. The Morgan fingerprint density at radius 2 is 2.43 bits per heavy atom. The predicted octanol–water partition coefficient (Wildman–Crippen LogP) is 3.11. The van der Waals surface area contributed by atoms with Crippen LogP contribution in [0.15, 0.2) is 21.2 Å². The minimum Gasteiger partial charge on any atom is -0.453 e. The topological polar surface area (TPSA) is 25.2 Å². The Balaban J connectivity index is 2.29. The quantitative estimate of drug-likeness (QED) is 0.646. The molecule has 1 aromatic heterocycles. The van der Waals surface area contributed by atoms with Gasteiger partial charge in [-0.15, -0.1) is 12.3 Å². The normalized spacial score (nSPS) is 12.4. The minimum absolute atomic E-state index is 0.235. The molecule has 0 aliphatic carbocycles. The second-order valence-corrected chi connectivity index (χ2v) is 3.91. The molecule has 0 aliphatic heterocycles. The van der Waals surface area contributed by atoms with E-state index in [1.807, 2.05) is 12.1 Å². The molecule has 3 heteroatoms. The first-order chi connectivity index (χ1) is 6.74. The van der Waals surface area contributed by atoms with Gasteiger partial charge in [-0.25, -0.2) is 0 Å². The highest BCUT2D eigenvalue weighted by molar-refractivity contribution is 9.10. The van der Waals surface area contributed by atoms with Gasteiger partial charge in [0.15, 0.2) is 4.67 Å². The smallest absolute Gasteiger partial charge is 0.169 e. The fourth-order valence-electron chi connectivity index (χ4n) is 1.17. The molecule has 14 heavy (non-hydrogen) atoms. The first-order valence-electron chi connectivity index (χ1n) is 4.66. The molecule has 1 N–H and O–H groups in total. The van der Waals surface area contributed by atoms with Crippen molar-refractivity contribution in [2.45, 2.75) is 25.8 Å². The molecule has 0 aromatic carbocycles. The zero-order chi connectivity index (χ0) is 10.4.